The van der Waals surface area contributed by atoms with Gasteiger partial charge in [-0.05, 0) is 0 Å². The molecule has 6 nitrogen and oxygen atoms in total. The third-order valence-electron chi connectivity index (χ3n) is 0.478. The summed E-state index contributed by atoms with van der Waals surface area (Å²) in [5.74, 6) is 0. The van der Waals surface area contributed by atoms with Gasteiger partial charge < -0.3 is 19.8 Å². The molecule has 0 saturated heterocycles. The molecule has 0 fully saturated rings. The van der Waals surface area contributed by atoms with Gasteiger partial charge in [0.2, 0.25) is 0 Å². The van der Waals surface area contributed by atoms with E-state index in [1.165, 1.54) is 0 Å². The number of hydrogen-bond donors (Lipinski definition) is 0. The molecule has 0 bridgehead atoms. The van der Waals surface area contributed by atoms with E-state index in [2.05, 4.69) is 9.97 Å². The average Bonchev–Trinajstić information content (AvgIpc) is 1.90. The molecule has 1 rings (SSSR count). The molecule has 0 saturated carbocycles. The molecule has 8 heteroatoms. The molecule has 0 aliphatic rings. The van der Waals surface area contributed by atoms with Crippen molar-refractivity contribution in [3.05, 3.63) is 24.8 Å². The van der Waals surface area contributed by atoms with Crippen molar-refractivity contribution in [1.29, 1.82) is 0 Å². The van der Waals surface area contributed by atoms with Crippen molar-refractivity contribution in [1.82, 2.24) is 9.97 Å². The van der Waals surface area contributed by atoms with Crippen molar-refractivity contribution in [3.63, 3.8) is 0 Å². The maximum Gasteiger partial charge on any atom is 2.00 e. The molecule has 0 unspecified atom stereocenters. The minimum absolute atomic E-state index is 0. The fraction of sp³-hybridized carbons (Fsp3) is 0. The van der Waals surface area contributed by atoms with Crippen molar-refractivity contribution < 1.29 is 19.8 Å². The molecule has 0 aliphatic heterocycles. The molecular formula is C4H7CaN2O4P. The van der Waals surface area contributed by atoms with Gasteiger partial charge in [-0.2, -0.15) is 0 Å². The van der Waals surface area contributed by atoms with E-state index in [4.69, 9.17) is 14.4 Å². The van der Waals surface area contributed by atoms with E-state index >= 15 is 0 Å². The first-order valence-corrected chi connectivity index (χ1v) is 3.54. The zero-order valence-corrected chi connectivity index (χ0v) is 9.34. The van der Waals surface area contributed by atoms with E-state index in [1.54, 1.807) is 24.8 Å². The van der Waals surface area contributed by atoms with Crippen molar-refractivity contribution >= 4 is 46.0 Å². The van der Waals surface area contributed by atoms with E-state index in [-0.39, 0.29) is 43.2 Å². The van der Waals surface area contributed by atoms with Crippen LogP contribution in [0.5, 0.6) is 0 Å². The fourth-order valence-electron chi connectivity index (χ4n) is 0.253. The number of aromatic nitrogens is 2. The zero-order valence-electron chi connectivity index (χ0n) is 6.14. The van der Waals surface area contributed by atoms with Crippen molar-refractivity contribution in [3.8, 4) is 0 Å². The second-order valence-electron chi connectivity index (χ2n) is 1.14. The van der Waals surface area contributed by atoms with Crippen LogP contribution in [0, 0.1) is 0 Å². The van der Waals surface area contributed by atoms with E-state index in [1.807, 2.05) is 0 Å². The Kier molecular flexibility index (Phi) is 21.3. The second-order valence-corrected chi connectivity index (χ2v) is 1.64. The molecule has 64 valence electrons. The predicted molar refractivity (Wildman–Crippen MR) is 40.4 cm³/mol. The normalized spacial score (nSPS) is 6.92. The summed E-state index contributed by atoms with van der Waals surface area (Å²) in [7, 11) is -3.63. The number of nitrogens with zero attached hydrogens (tertiary/aromatic N) is 2. The summed E-state index contributed by atoms with van der Waals surface area (Å²) in [5.41, 5.74) is 0. The Morgan fingerprint density at radius 3 is 1.25 bits per heavy atom. The Balaban J connectivity index is -0.000000124. The van der Waals surface area contributed by atoms with Crippen LogP contribution in [-0.4, -0.2) is 53.2 Å². The monoisotopic (exact) mass is 218 g/mol. The van der Waals surface area contributed by atoms with E-state index in [0.29, 0.717) is 0 Å². The van der Waals surface area contributed by atoms with Crippen LogP contribution in [0.3, 0.4) is 0 Å². The van der Waals surface area contributed by atoms with Crippen LogP contribution in [-0.2, 0) is 4.57 Å². The smallest absolute Gasteiger partial charge is 0.813 e. The van der Waals surface area contributed by atoms with Gasteiger partial charge in [-0.1, -0.05) is 8.25 Å². The maximum atomic E-state index is 8.52. The van der Waals surface area contributed by atoms with Crippen LogP contribution in [0.25, 0.3) is 0 Å². The summed E-state index contributed by atoms with van der Waals surface area (Å²) in [4.78, 5) is 24.5. The Labute approximate surface area is 99.9 Å². The van der Waals surface area contributed by atoms with Gasteiger partial charge in [0.1, 0.15) is 0 Å². The van der Waals surface area contributed by atoms with Gasteiger partial charge in [-0.25, -0.2) is 0 Å². The van der Waals surface area contributed by atoms with Crippen molar-refractivity contribution in [2.75, 3.05) is 0 Å². The Morgan fingerprint density at radius 1 is 1.00 bits per heavy atom. The summed E-state index contributed by atoms with van der Waals surface area (Å²) >= 11 is 0. The summed E-state index contributed by atoms with van der Waals surface area (Å²) in [6.07, 6.45) is 6.56. The molecule has 0 aromatic carbocycles. The summed E-state index contributed by atoms with van der Waals surface area (Å²) in [6, 6.07) is 0. The molecular weight excluding hydrogens is 211 g/mol. The topological polar surface area (TPSA) is 120 Å². The summed E-state index contributed by atoms with van der Waals surface area (Å²) < 4.78 is 8.52. The van der Waals surface area contributed by atoms with E-state index in [0.717, 1.165) is 0 Å². The first kappa shape index (κ1) is 18.3. The van der Waals surface area contributed by atoms with Crippen molar-refractivity contribution in [2.24, 2.45) is 0 Å². The van der Waals surface area contributed by atoms with Gasteiger partial charge in [-0.15, -0.1) is 0 Å². The van der Waals surface area contributed by atoms with E-state index in [9.17, 15) is 0 Å². The standard InChI is InChI=1S/C4H4N2.Ca.H3O3P.H2O/c1-2-6-4-3-5-1;;1-4(2)3;/h1-4H;;4H,(H2,1,2,3);1H2/q;+2;;/p-2. The van der Waals surface area contributed by atoms with Crippen LogP contribution < -0.4 is 9.79 Å². The van der Waals surface area contributed by atoms with Crippen LogP contribution in [0.15, 0.2) is 24.8 Å². The SMILES string of the molecule is O.O=[PH]([O-])[O-].[Ca+2].c1cnccn1. The molecule has 2 N–H and O–H groups in total. The Morgan fingerprint density at radius 2 is 1.17 bits per heavy atom. The number of hydrogen-bond acceptors (Lipinski definition) is 5. The van der Waals surface area contributed by atoms with Crippen LogP contribution in [0.2, 0.25) is 0 Å². The molecule has 0 amide bonds. The second kappa shape index (κ2) is 14.0. The van der Waals surface area contributed by atoms with Crippen LogP contribution in [0.1, 0.15) is 0 Å². The molecule has 0 spiro atoms. The maximum absolute atomic E-state index is 8.52. The third-order valence-corrected chi connectivity index (χ3v) is 0.478. The first-order valence-electron chi connectivity index (χ1n) is 2.31. The molecule has 0 aliphatic carbocycles. The predicted octanol–water partition coefficient (Wildman–Crippen LogP) is -2.63. The average molecular weight is 218 g/mol. The van der Waals surface area contributed by atoms with Gasteiger partial charge in [0.15, 0.2) is 0 Å². The van der Waals surface area contributed by atoms with E-state index < -0.39 is 8.25 Å². The minimum atomic E-state index is -3.63. The van der Waals surface area contributed by atoms with Gasteiger partial charge >= 0.3 is 37.7 Å². The Hall–Kier alpha value is 0.450. The third kappa shape index (κ3) is 22.4. The zero-order chi connectivity index (χ0) is 7.82. The molecule has 1 heterocycles. The van der Waals surface area contributed by atoms with Gasteiger partial charge in [0.05, 0.1) is 0 Å². The molecule has 0 atom stereocenters. The largest absolute Gasteiger partial charge is 2.00 e. The quantitative estimate of drug-likeness (QED) is 0.348. The molecule has 0 radical (unpaired) electrons. The first-order chi connectivity index (χ1) is 4.73. The Bertz CT molecular complexity index is 157. The molecule has 1 aromatic heterocycles. The van der Waals surface area contributed by atoms with Crippen LogP contribution in [0.4, 0.5) is 0 Å². The minimum Gasteiger partial charge on any atom is -0.813 e. The van der Waals surface area contributed by atoms with Gasteiger partial charge in [0.25, 0.3) is 0 Å². The van der Waals surface area contributed by atoms with Crippen LogP contribution >= 0.6 is 8.25 Å². The summed E-state index contributed by atoms with van der Waals surface area (Å²) in [6.45, 7) is 0. The molecule has 12 heavy (non-hydrogen) atoms. The number of rotatable bonds is 0. The van der Waals surface area contributed by atoms with Gasteiger partial charge in [0, 0.05) is 24.8 Å². The fourth-order valence-corrected chi connectivity index (χ4v) is 0.253. The van der Waals surface area contributed by atoms with Gasteiger partial charge in [-0.3, -0.25) is 9.97 Å². The van der Waals surface area contributed by atoms with Crippen molar-refractivity contribution in [2.45, 2.75) is 0 Å². The molecule has 1 aromatic rings. The summed E-state index contributed by atoms with van der Waals surface area (Å²) in [5, 5.41) is 0.